The molecule has 0 saturated carbocycles. The van der Waals surface area contributed by atoms with E-state index in [-0.39, 0.29) is 23.3 Å². The van der Waals surface area contributed by atoms with Gasteiger partial charge in [0.05, 0.1) is 0 Å². The quantitative estimate of drug-likeness (QED) is 0.583. The van der Waals surface area contributed by atoms with Crippen LogP contribution in [0.25, 0.3) is 0 Å². The summed E-state index contributed by atoms with van der Waals surface area (Å²) in [5.41, 5.74) is 2.04. The van der Waals surface area contributed by atoms with Gasteiger partial charge in [0.2, 0.25) is 5.91 Å². The molecule has 1 N–H and O–H groups in total. The predicted molar refractivity (Wildman–Crippen MR) is 42.8 cm³/mol. The molecule has 4 heteroatoms. The van der Waals surface area contributed by atoms with Gasteiger partial charge in [0, 0.05) is 22.8 Å². The van der Waals surface area contributed by atoms with Crippen molar-refractivity contribution in [2.45, 2.75) is 20.3 Å². The van der Waals surface area contributed by atoms with Crippen molar-refractivity contribution >= 4 is 12.1 Å². The fourth-order valence-electron chi connectivity index (χ4n) is 0.732. The van der Waals surface area contributed by atoms with Crippen molar-refractivity contribution in [3.05, 3.63) is 12.2 Å². The molecule has 0 radical (unpaired) electrons. The summed E-state index contributed by atoms with van der Waals surface area (Å²) in [5, 5.41) is 3.66. The number of carbonyl (C=O) groups excluding carboxylic acids is 1. The van der Waals surface area contributed by atoms with Crippen molar-refractivity contribution in [2.24, 2.45) is 10.5 Å². The summed E-state index contributed by atoms with van der Waals surface area (Å²) in [4.78, 5) is 11.2. The molecule has 0 aromatic carbocycles. The Morgan fingerprint density at radius 3 is 3.00 bits per heavy atom. The van der Waals surface area contributed by atoms with Gasteiger partial charge in [-0.3, -0.25) is 21.4 Å². The maximum atomic E-state index is 11.2. The van der Waals surface area contributed by atoms with Crippen LogP contribution in [-0.2, 0) is 22.2 Å². The Bertz CT molecular complexity index is 221. The van der Waals surface area contributed by atoms with Gasteiger partial charge in [-0.1, -0.05) is 20.3 Å². The van der Waals surface area contributed by atoms with Crippen LogP contribution in [0.4, 0.5) is 0 Å². The van der Waals surface area contributed by atoms with E-state index in [0.717, 1.165) is 0 Å². The van der Waals surface area contributed by atoms with Gasteiger partial charge in [-0.2, -0.15) is 0 Å². The number of amides is 1. The molecule has 0 atom stereocenters. The Balaban J connectivity index is 0.00000121. The number of rotatable bonds is 0. The summed E-state index contributed by atoms with van der Waals surface area (Å²) in [6.07, 6.45) is 6.83. The van der Waals surface area contributed by atoms with Gasteiger partial charge in [0.1, 0.15) is 0 Å². The fraction of sp³-hybridized carbons (Fsp3) is 0.500. The minimum Gasteiger partial charge on any atom is -0.279 e. The first-order valence-electron chi connectivity index (χ1n) is 3.52. The molecule has 0 bridgehead atoms. The zero-order valence-electron chi connectivity index (χ0n) is 7.13. The normalized spacial score (nSPS) is 23.0. The van der Waals surface area contributed by atoms with Crippen molar-refractivity contribution in [3.8, 4) is 0 Å². The van der Waals surface area contributed by atoms with Crippen LogP contribution in [0.2, 0.25) is 0 Å². The van der Waals surface area contributed by atoms with E-state index >= 15 is 0 Å². The minimum atomic E-state index is -0.395. The van der Waals surface area contributed by atoms with Crippen LogP contribution in [-0.4, -0.2) is 12.1 Å². The summed E-state index contributed by atoms with van der Waals surface area (Å²) in [6.45, 7) is 3.73. The molecule has 0 spiro atoms. The van der Waals surface area contributed by atoms with E-state index in [1.165, 1.54) is 6.21 Å². The van der Waals surface area contributed by atoms with Gasteiger partial charge in [-0.25, -0.2) is 6.08 Å². The molecule has 66 valence electrons. The average molecular weight is 203 g/mol. The summed E-state index contributed by atoms with van der Waals surface area (Å²) < 4.78 is 0. The van der Waals surface area contributed by atoms with Gasteiger partial charge >= 0.3 is 0 Å². The van der Waals surface area contributed by atoms with Gasteiger partial charge in [-0.15, -0.1) is 6.21 Å². The third-order valence-electron chi connectivity index (χ3n) is 1.59. The van der Waals surface area contributed by atoms with E-state index < -0.39 is 5.41 Å². The van der Waals surface area contributed by atoms with Crippen LogP contribution < -0.4 is 5.43 Å². The van der Waals surface area contributed by atoms with Crippen molar-refractivity contribution in [2.75, 3.05) is 0 Å². The second-order valence-electron chi connectivity index (χ2n) is 3.15. The maximum Gasteiger partial charge on any atom is 0.243 e. The number of allylic oxidation sites excluding steroid dienone is 2. The first kappa shape index (κ1) is 11.4. The molecule has 12 heavy (non-hydrogen) atoms. The molecule has 1 heterocycles. The number of carbonyl (C=O) groups is 1. The van der Waals surface area contributed by atoms with E-state index in [1.54, 1.807) is 6.08 Å². The molecule has 0 aromatic heterocycles. The number of hydrogen-bond donors (Lipinski definition) is 1. The van der Waals surface area contributed by atoms with Gasteiger partial charge in [0.25, 0.3) is 0 Å². The molecular formula is C8H11CrN2O-. The van der Waals surface area contributed by atoms with Crippen LogP contribution in [0.1, 0.15) is 20.3 Å². The third-order valence-corrected chi connectivity index (χ3v) is 1.59. The second-order valence-corrected chi connectivity index (χ2v) is 3.15. The van der Waals surface area contributed by atoms with Crippen molar-refractivity contribution in [1.29, 1.82) is 0 Å². The Hall–Kier alpha value is -0.588. The first-order chi connectivity index (χ1) is 5.13. The van der Waals surface area contributed by atoms with E-state index in [4.69, 9.17) is 0 Å². The molecule has 1 rings (SSSR count). The van der Waals surface area contributed by atoms with Crippen molar-refractivity contribution in [1.82, 2.24) is 5.43 Å². The fourth-order valence-corrected chi connectivity index (χ4v) is 0.732. The Kier molecular flexibility index (Phi) is 4.22. The van der Waals surface area contributed by atoms with Crippen LogP contribution in [0.3, 0.4) is 0 Å². The topological polar surface area (TPSA) is 41.5 Å². The van der Waals surface area contributed by atoms with E-state index in [2.05, 4.69) is 16.6 Å². The molecule has 0 fully saturated rings. The Morgan fingerprint density at radius 2 is 2.33 bits per heavy atom. The molecule has 0 saturated heterocycles. The average Bonchev–Trinajstić information content (AvgIpc) is 1.93. The summed E-state index contributed by atoms with van der Waals surface area (Å²) in [5.74, 6) is -0.0608. The van der Waals surface area contributed by atoms with Crippen LogP contribution in [0.15, 0.2) is 11.2 Å². The molecule has 0 aliphatic carbocycles. The van der Waals surface area contributed by atoms with E-state index in [0.29, 0.717) is 6.42 Å². The van der Waals surface area contributed by atoms with E-state index in [1.807, 2.05) is 13.8 Å². The van der Waals surface area contributed by atoms with Gasteiger partial charge in [0.15, 0.2) is 0 Å². The van der Waals surface area contributed by atoms with Gasteiger partial charge < -0.3 is 0 Å². The number of nitrogens with one attached hydrogen (secondary N) is 1. The molecule has 0 unspecified atom stereocenters. The molecule has 1 aliphatic rings. The van der Waals surface area contributed by atoms with Crippen molar-refractivity contribution in [3.63, 3.8) is 0 Å². The predicted octanol–water partition coefficient (Wildman–Crippen LogP) is 0.875. The number of hydrazone groups is 1. The van der Waals surface area contributed by atoms with Crippen LogP contribution >= 0.6 is 0 Å². The number of nitrogens with zero attached hydrogens (tertiary/aromatic N) is 1. The zero-order valence-corrected chi connectivity index (χ0v) is 8.40. The first-order valence-corrected chi connectivity index (χ1v) is 3.52. The summed E-state index contributed by atoms with van der Waals surface area (Å²) in [6, 6.07) is 0. The molecular weight excluding hydrogens is 192 g/mol. The Labute approximate surface area is 83.0 Å². The standard InChI is InChI=1S/C8H11N2O.Cr/c1-8(2)5-3-4-6-9-10-7(8)11;/h4,6H,5H2,1-2H3,(H,10,11);/q-1;/b9-6-;. The number of hydrogen-bond acceptors (Lipinski definition) is 2. The zero-order chi connectivity index (χ0) is 8.32. The smallest absolute Gasteiger partial charge is 0.243 e. The third kappa shape index (κ3) is 2.80. The van der Waals surface area contributed by atoms with Gasteiger partial charge in [-0.05, 0) is 0 Å². The summed E-state index contributed by atoms with van der Waals surface area (Å²) >= 11 is 0. The Morgan fingerprint density at radius 1 is 1.67 bits per heavy atom. The molecule has 1 aliphatic heterocycles. The van der Waals surface area contributed by atoms with Crippen LogP contribution in [0, 0.1) is 11.5 Å². The molecule has 1 amide bonds. The van der Waals surface area contributed by atoms with Crippen molar-refractivity contribution < 1.29 is 22.2 Å². The molecule has 3 nitrogen and oxygen atoms in total. The maximum absolute atomic E-state index is 11.2. The summed E-state index contributed by atoms with van der Waals surface area (Å²) in [7, 11) is 0. The largest absolute Gasteiger partial charge is 0.279 e. The minimum absolute atomic E-state index is 0. The monoisotopic (exact) mass is 203 g/mol. The second kappa shape index (κ2) is 4.44. The SMILES string of the molecule is CC1(C)C[C-]=C/C=N\NC1=O.[Cr]. The van der Waals surface area contributed by atoms with Crippen LogP contribution in [0.5, 0.6) is 0 Å². The molecule has 0 aromatic rings. The van der Waals surface area contributed by atoms with E-state index in [9.17, 15) is 4.79 Å².